The fraction of sp³-hybridized carbons (Fsp3) is 0.615. The number of nitrogens with zero attached hydrogens (tertiary/aromatic N) is 2. The van der Waals surface area contributed by atoms with Crippen LogP contribution in [0.4, 0.5) is 0 Å². The highest BCUT2D eigenvalue weighted by Crippen LogP contribution is 2.27. The van der Waals surface area contributed by atoms with E-state index in [4.69, 9.17) is 0 Å². The number of nitrogens with one attached hydrogen (secondary N) is 1. The molecule has 0 unspecified atom stereocenters. The van der Waals surface area contributed by atoms with E-state index in [2.05, 4.69) is 4.98 Å². The Bertz CT molecular complexity index is 631. The first-order chi connectivity index (χ1) is 10.00. The van der Waals surface area contributed by atoms with Gasteiger partial charge in [-0.2, -0.15) is 16.1 Å². The molecule has 2 aliphatic rings. The van der Waals surface area contributed by atoms with Crippen LogP contribution in [0.5, 0.6) is 0 Å². The first-order valence-electron chi connectivity index (χ1n) is 7.03. The number of sulfonamides is 1. The molecule has 1 aromatic rings. The highest BCUT2D eigenvalue weighted by molar-refractivity contribution is 7.99. The first kappa shape index (κ1) is 14.9. The minimum Gasteiger partial charge on any atom is -0.356 e. The molecule has 0 aromatic carbocycles. The highest BCUT2D eigenvalue weighted by atomic mass is 32.2. The SMILES string of the molecule is CN(C(=O)c1cc(S(=O)(=O)N2CCSCC2)c[nH]1)C1CC1. The van der Waals surface area contributed by atoms with Gasteiger partial charge in [-0.1, -0.05) is 0 Å². The van der Waals surface area contributed by atoms with Crippen LogP contribution in [0.1, 0.15) is 23.3 Å². The molecule has 1 aliphatic heterocycles. The van der Waals surface area contributed by atoms with Crippen molar-refractivity contribution in [3.8, 4) is 0 Å². The Morgan fingerprint density at radius 2 is 2.05 bits per heavy atom. The van der Waals surface area contributed by atoms with Crippen molar-refractivity contribution >= 4 is 27.7 Å². The average Bonchev–Trinajstić information content (AvgIpc) is 3.22. The van der Waals surface area contributed by atoms with Crippen molar-refractivity contribution in [1.29, 1.82) is 0 Å². The molecule has 8 heteroatoms. The number of hydrogen-bond acceptors (Lipinski definition) is 4. The Labute approximate surface area is 128 Å². The molecule has 3 rings (SSSR count). The zero-order valence-electron chi connectivity index (χ0n) is 11.9. The third-order valence-electron chi connectivity index (χ3n) is 3.91. The van der Waals surface area contributed by atoms with Crippen LogP contribution < -0.4 is 0 Å². The lowest BCUT2D eigenvalue weighted by molar-refractivity contribution is 0.0780. The lowest BCUT2D eigenvalue weighted by Crippen LogP contribution is -2.37. The Morgan fingerprint density at radius 3 is 2.67 bits per heavy atom. The lowest BCUT2D eigenvalue weighted by Gasteiger charge is -2.24. The maximum atomic E-state index is 12.5. The van der Waals surface area contributed by atoms with Crippen molar-refractivity contribution in [3.63, 3.8) is 0 Å². The van der Waals surface area contributed by atoms with Gasteiger partial charge in [-0.25, -0.2) is 8.42 Å². The van der Waals surface area contributed by atoms with Gasteiger partial charge in [-0.3, -0.25) is 4.79 Å². The molecule has 1 N–H and O–H groups in total. The minimum atomic E-state index is -3.49. The van der Waals surface area contributed by atoms with Crippen molar-refractivity contribution in [2.24, 2.45) is 0 Å². The van der Waals surface area contributed by atoms with Gasteiger partial charge in [0.2, 0.25) is 10.0 Å². The summed E-state index contributed by atoms with van der Waals surface area (Å²) < 4.78 is 26.5. The second-order valence-electron chi connectivity index (χ2n) is 5.41. The normalized spacial score (nSPS) is 20.4. The Balaban J connectivity index is 1.78. The number of aromatic nitrogens is 1. The molecule has 2 heterocycles. The summed E-state index contributed by atoms with van der Waals surface area (Å²) in [7, 11) is -1.73. The van der Waals surface area contributed by atoms with Gasteiger partial charge in [-0.15, -0.1) is 0 Å². The second kappa shape index (κ2) is 5.66. The molecule has 1 saturated heterocycles. The van der Waals surface area contributed by atoms with Crippen LogP contribution in [-0.2, 0) is 10.0 Å². The number of hydrogen-bond donors (Lipinski definition) is 1. The van der Waals surface area contributed by atoms with Gasteiger partial charge >= 0.3 is 0 Å². The largest absolute Gasteiger partial charge is 0.356 e. The predicted molar refractivity (Wildman–Crippen MR) is 82.0 cm³/mol. The van der Waals surface area contributed by atoms with E-state index in [9.17, 15) is 13.2 Å². The summed E-state index contributed by atoms with van der Waals surface area (Å²) in [6.45, 7) is 1.06. The van der Waals surface area contributed by atoms with Gasteiger partial charge in [0.15, 0.2) is 0 Å². The van der Waals surface area contributed by atoms with Crippen LogP contribution in [0.3, 0.4) is 0 Å². The molecule has 0 spiro atoms. The van der Waals surface area contributed by atoms with Crippen LogP contribution in [-0.4, -0.2) is 66.2 Å². The van der Waals surface area contributed by atoms with Crippen LogP contribution in [0.25, 0.3) is 0 Å². The molecule has 0 bridgehead atoms. The molecule has 1 aliphatic carbocycles. The molecular weight excluding hydrogens is 310 g/mol. The minimum absolute atomic E-state index is 0.145. The summed E-state index contributed by atoms with van der Waals surface area (Å²) >= 11 is 1.76. The number of aromatic amines is 1. The van der Waals surface area contributed by atoms with Crippen molar-refractivity contribution in [1.82, 2.24) is 14.2 Å². The third-order valence-corrected chi connectivity index (χ3v) is 6.73. The zero-order chi connectivity index (χ0) is 15.0. The first-order valence-corrected chi connectivity index (χ1v) is 9.63. The average molecular weight is 329 g/mol. The Kier molecular flexibility index (Phi) is 4.02. The lowest BCUT2D eigenvalue weighted by atomic mass is 10.3. The summed E-state index contributed by atoms with van der Waals surface area (Å²) in [5.41, 5.74) is 0.342. The zero-order valence-corrected chi connectivity index (χ0v) is 13.5. The maximum absolute atomic E-state index is 12.5. The standard InChI is InChI=1S/C13H19N3O3S2/c1-15(10-2-3-10)13(17)12-8-11(9-14-12)21(18,19)16-4-6-20-7-5-16/h8-10,14H,2-7H2,1H3. The van der Waals surface area contributed by atoms with E-state index in [1.165, 1.54) is 16.6 Å². The molecule has 0 radical (unpaired) electrons. The van der Waals surface area contributed by atoms with E-state index in [-0.39, 0.29) is 10.8 Å². The second-order valence-corrected chi connectivity index (χ2v) is 8.58. The molecule has 0 atom stereocenters. The van der Waals surface area contributed by atoms with Crippen molar-refractivity contribution in [2.75, 3.05) is 31.6 Å². The number of carbonyl (C=O) groups is 1. The maximum Gasteiger partial charge on any atom is 0.270 e. The van der Waals surface area contributed by atoms with Crippen molar-refractivity contribution in [3.05, 3.63) is 18.0 Å². The van der Waals surface area contributed by atoms with Gasteiger partial charge in [0.05, 0.1) is 0 Å². The van der Waals surface area contributed by atoms with E-state index in [0.29, 0.717) is 24.8 Å². The number of carbonyl (C=O) groups excluding carboxylic acids is 1. The Morgan fingerprint density at radius 1 is 1.38 bits per heavy atom. The molecule has 21 heavy (non-hydrogen) atoms. The number of amides is 1. The molecular formula is C13H19N3O3S2. The number of thioether (sulfide) groups is 1. The molecule has 1 aromatic heterocycles. The molecule has 1 amide bonds. The topological polar surface area (TPSA) is 73.5 Å². The van der Waals surface area contributed by atoms with Gasteiger partial charge in [-0.05, 0) is 18.9 Å². The van der Waals surface area contributed by atoms with E-state index in [1.54, 1.807) is 23.7 Å². The summed E-state index contributed by atoms with van der Waals surface area (Å²) in [6.07, 6.45) is 3.48. The number of H-pyrrole nitrogens is 1. The van der Waals surface area contributed by atoms with E-state index in [1.807, 2.05) is 0 Å². The van der Waals surface area contributed by atoms with Crippen LogP contribution in [0.15, 0.2) is 17.2 Å². The van der Waals surface area contributed by atoms with Crippen molar-refractivity contribution in [2.45, 2.75) is 23.8 Å². The predicted octanol–water partition coefficient (Wildman–Crippen LogP) is 0.987. The molecule has 116 valence electrons. The van der Waals surface area contributed by atoms with Crippen LogP contribution >= 0.6 is 11.8 Å². The fourth-order valence-electron chi connectivity index (χ4n) is 2.40. The molecule has 1 saturated carbocycles. The molecule has 2 fully saturated rings. The van der Waals surface area contributed by atoms with Crippen molar-refractivity contribution < 1.29 is 13.2 Å². The van der Waals surface area contributed by atoms with E-state index in [0.717, 1.165) is 24.3 Å². The quantitative estimate of drug-likeness (QED) is 0.894. The van der Waals surface area contributed by atoms with Crippen LogP contribution in [0, 0.1) is 0 Å². The third kappa shape index (κ3) is 2.97. The highest BCUT2D eigenvalue weighted by Gasteiger charge is 2.32. The van der Waals surface area contributed by atoms with Gasteiger partial charge in [0.25, 0.3) is 5.91 Å². The smallest absolute Gasteiger partial charge is 0.270 e. The summed E-state index contributed by atoms with van der Waals surface area (Å²) in [5, 5.41) is 0. The Hall–Kier alpha value is -0.990. The van der Waals surface area contributed by atoms with Gasteiger partial charge in [0, 0.05) is 43.9 Å². The summed E-state index contributed by atoms with van der Waals surface area (Å²) in [6, 6.07) is 1.76. The van der Waals surface area contributed by atoms with E-state index < -0.39 is 10.0 Å². The van der Waals surface area contributed by atoms with Crippen LogP contribution in [0.2, 0.25) is 0 Å². The fourth-order valence-corrected chi connectivity index (χ4v) is 4.97. The summed E-state index contributed by atoms with van der Waals surface area (Å²) in [4.78, 5) is 16.9. The molecule has 6 nitrogen and oxygen atoms in total. The summed E-state index contributed by atoms with van der Waals surface area (Å²) in [5.74, 6) is 1.49. The number of rotatable bonds is 4. The monoisotopic (exact) mass is 329 g/mol. The van der Waals surface area contributed by atoms with Gasteiger partial charge in [0.1, 0.15) is 10.6 Å². The van der Waals surface area contributed by atoms with E-state index >= 15 is 0 Å². The van der Waals surface area contributed by atoms with Gasteiger partial charge < -0.3 is 9.88 Å².